The average Bonchev–Trinajstić information content (AvgIpc) is 2.37. The first-order valence-electron chi connectivity index (χ1n) is 4.70. The molecule has 2 heteroatoms. The van der Waals surface area contributed by atoms with Crippen LogP contribution >= 0.6 is 11.3 Å². The summed E-state index contributed by atoms with van der Waals surface area (Å²) in [6, 6.07) is 2.31. The molecule has 66 valence electrons. The predicted octanol–water partition coefficient (Wildman–Crippen LogP) is 2.48. The van der Waals surface area contributed by atoms with Crippen LogP contribution in [0.3, 0.4) is 0 Å². The third kappa shape index (κ3) is 1.54. The highest BCUT2D eigenvalue weighted by Gasteiger charge is 2.10. The summed E-state index contributed by atoms with van der Waals surface area (Å²) in [5, 5.41) is 0. The van der Waals surface area contributed by atoms with Crippen molar-refractivity contribution < 1.29 is 0 Å². The SMILES string of the molecule is NCc1cc2c(s1)CCCCC2. The summed E-state index contributed by atoms with van der Waals surface area (Å²) < 4.78 is 0. The van der Waals surface area contributed by atoms with Gasteiger partial charge in [-0.1, -0.05) is 6.42 Å². The fraction of sp³-hybridized carbons (Fsp3) is 0.600. The first-order valence-corrected chi connectivity index (χ1v) is 5.52. The highest BCUT2D eigenvalue weighted by Crippen LogP contribution is 2.28. The molecule has 0 aliphatic heterocycles. The molecule has 1 aromatic heterocycles. The molecule has 0 amide bonds. The summed E-state index contributed by atoms with van der Waals surface area (Å²) in [4.78, 5) is 2.97. The third-order valence-electron chi connectivity index (χ3n) is 2.50. The zero-order valence-corrected chi connectivity index (χ0v) is 8.12. The molecule has 2 rings (SSSR count). The van der Waals surface area contributed by atoms with Gasteiger partial charge in [-0.25, -0.2) is 0 Å². The second kappa shape index (κ2) is 3.58. The van der Waals surface area contributed by atoms with Gasteiger partial charge >= 0.3 is 0 Å². The van der Waals surface area contributed by atoms with Gasteiger partial charge in [-0.3, -0.25) is 0 Å². The van der Waals surface area contributed by atoms with E-state index in [2.05, 4.69) is 6.07 Å². The van der Waals surface area contributed by atoms with Crippen molar-refractivity contribution in [1.82, 2.24) is 0 Å². The van der Waals surface area contributed by atoms with Crippen LogP contribution in [0.1, 0.15) is 34.6 Å². The van der Waals surface area contributed by atoms with Gasteiger partial charge in [-0.2, -0.15) is 0 Å². The lowest BCUT2D eigenvalue weighted by molar-refractivity contribution is 0.712. The van der Waals surface area contributed by atoms with Crippen molar-refractivity contribution in [2.24, 2.45) is 5.73 Å². The summed E-state index contributed by atoms with van der Waals surface area (Å²) in [6.07, 6.45) is 6.72. The van der Waals surface area contributed by atoms with Crippen molar-refractivity contribution >= 4 is 11.3 Å². The number of nitrogens with two attached hydrogens (primary N) is 1. The fourth-order valence-electron chi connectivity index (χ4n) is 1.83. The molecule has 0 saturated heterocycles. The third-order valence-corrected chi connectivity index (χ3v) is 3.76. The number of thiophene rings is 1. The Hall–Kier alpha value is -0.340. The van der Waals surface area contributed by atoms with Gasteiger partial charge in [-0.05, 0) is 37.3 Å². The maximum Gasteiger partial charge on any atom is 0.0273 e. The molecule has 0 unspecified atom stereocenters. The lowest BCUT2D eigenvalue weighted by Gasteiger charge is -1.92. The number of fused-ring (bicyclic) bond motifs is 1. The van der Waals surface area contributed by atoms with Crippen LogP contribution in [0.5, 0.6) is 0 Å². The quantitative estimate of drug-likeness (QED) is 0.662. The van der Waals surface area contributed by atoms with E-state index in [0.717, 1.165) is 6.54 Å². The molecule has 1 nitrogen and oxygen atoms in total. The Balaban J connectivity index is 2.26. The zero-order chi connectivity index (χ0) is 8.39. The molecular formula is C10H15NS. The Morgan fingerprint density at radius 1 is 1.25 bits per heavy atom. The van der Waals surface area contributed by atoms with Gasteiger partial charge in [0.25, 0.3) is 0 Å². The van der Waals surface area contributed by atoms with Crippen LogP contribution in [0, 0.1) is 0 Å². The Morgan fingerprint density at radius 2 is 2.08 bits per heavy atom. The molecule has 0 saturated carbocycles. The van der Waals surface area contributed by atoms with Gasteiger partial charge in [-0.15, -0.1) is 11.3 Å². The fourth-order valence-corrected chi connectivity index (χ4v) is 2.97. The summed E-state index contributed by atoms with van der Waals surface area (Å²) >= 11 is 1.92. The highest BCUT2D eigenvalue weighted by atomic mass is 32.1. The molecule has 1 aromatic rings. The minimum absolute atomic E-state index is 0.720. The van der Waals surface area contributed by atoms with Gasteiger partial charge < -0.3 is 5.73 Å². The topological polar surface area (TPSA) is 26.0 Å². The second-order valence-corrected chi connectivity index (χ2v) is 4.65. The summed E-state index contributed by atoms with van der Waals surface area (Å²) in [6.45, 7) is 0.720. The smallest absolute Gasteiger partial charge is 0.0273 e. The van der Waals surface area contributed by atoms with E-state index in [9.17, 15) is 0 Å². The van der Waals surface area contributed by atoms with Crippen molar-refractivity contribution in [2.75, 3.05) is 0 Å². The first-order chi connectivity index (χ1) is 5.90. The summed E-state index contributed by atoms with van der Waals surface area (Å²) in [7, 11) is 0. The van der Waals surface area contributed by atoms with Crippen molar-refractivity contribution in [3.63, 3.8) is 0 Å². The van der Waals surface area contributed by atoms with E-state index < -0.39 is 0 Å². The Kier molecular flexibility index (Phi) is 2.47. The Morgan fingerprint density at radius 3 is 2.92 bits per heavy atom. The molecule has 0 aromatic carbocycles. The number of aryl methyl sites for hydroxylation is 2. The van der Waals surface area contributed by atoms with Crippen LogP contribution in [-0.4, -0.2) is 0 Å². The maximum absolute atomic E-state index is 5.61. The molecule has 0 spiro atoms. The van der Waals surface area contributed by atoms with E-state index in [0.29, 0.717) is 0 Å². The second-order valence-electron chi connectivity index (χ2n) is 3.43. The molecule has 12 heavy (non-hydrogen) atoms. The number of rotatable bonds is 1. The van der Waals surface area contributed by atoms with E-state index in [1.807, 2.05) is 11.3 Å². The molecule has 0 atom stereocenters. The van der Waals surface area contributed by atoms with Crippen molar-refractivity contribution in [1.29, 1.82) is 0 Å². The van der Waals surface area contributed by atoms with Crippen LogP contribution in [0.2, 0.25) is 0 Å². The van der Waals surface area contributed by atoms with Gasteiger partial charge in [0.05, 0.1) is 0 Å². The molecule has 1 aliphatic rings. The number of hydrogen-bond donors (Lipinski definition) is 1. The molecule has 1 aliphatic carbocycles. The highest BCUT2D eigenvalue weighted by molar-refractivity contribution is 7.12. The first kappa shape index (κ1) is 8.27. The Bertz CT molecular complexity index is 241. The molecule has 1 heterocycles. The Labute approximate surface area is 77.6 Å². The van der Waals surface area contributed by atoms with Gasteiger partial charge in [0, 0.05) is 16.3 Å². The average molecular weight is 181 g/mol. The van der Waals surface area contributed by atoms with E-state index >= 15 is 0 Å². The lowest BCUT2D eigenvalue weighted by atomic mass is 10.1. The van der Waals surface area contributed by atoms with Crippen LogP contribution in [0.4, 0.5) is 0 Å². The largest absolute Gasteiger partial charge is 0.326 e. The van der Waals surface area contributed by atoms with Gasteiger partial charge in [0.1, 0.15) is 0 Å². The van der Waals surface area contributed by atoms with Crippen molar-refractivity contribution in [2.45, 2.75) is 38.6 Å². The summed E-state index contributed by atoms with van der Waals surface area (Å²) in [5.74, 6) is 0. The van der Waals surface area contributed by atoms with Crippen LogP contribution < -0.4 is 5.73 Å². The van der Waals surface area contributed by atoms with E-state index in [1.54, 1.807) is 10.4 Å². The minimum atomic E-state index is 0.720. The van der Waals surface area contributed by atoms with Crippen LogP contribution in [0.25, 0.3) is 0 Å². The van der Waals surface area contributed by atoms with Crippen molar-refractivity contribution in [3.8, 4) is 0 Å². The number of hydrogen-bond acceptors (Lipinski definition) is 2. The summed E-state index contributed by atoms with van der Waals surface area (Å²) in [5.41, 5.74) is 7.19. The van der Waals surface area contributed by atoms with Gasteiger partial charge in [0.2, 0.25) is 0 Å². The predicted molar refractivity (Wildman–Crippen MR) is 53.5 cm³/mol. The van der Waals surface area contributed by atoms with Crippen LogP contribution in [0.15, 0.2) is 6.07 Å². The lowest BCUT2D eigenvalue weighted by Crippen LogP contribution is -1.91. The molecule has 2 N–H and O–H groups in total. The monoisotopic (exact) mass is 181 g/mol. The molecular weight excluding hydrogens is 166 g/mol. The van der Waals surface area contributed by atoms with Crippen molar-refractivity contribution in [3.05, 3.63) is 21.4 Å². The maximum atomic E-state index is 5.61. The minimum Gasteiger partial charge on any atom is -0.326 e. The van der Waals surface area contributed by atoms with Crippen LogP contribution in [-0.2, 0) is 19.4 Å². The van der Waals surface area contributed by atoms with E-state index in [1.165, 1.54) is 37.0 Å². The molecule has 0 bridgehead atoms. The van der Waals surface area contributed by atoms with E-state index in [4.69, 9.17) is 5.73 Å². The normalized spacial score (nSPS) is 17.1. The standard InChI is InChI=1S/C10H15NS/c11-7-9-6-8-4-2-1-3-5-10(8)12-9/h6H,1-5,7,11H2. The van der Waals surface area contributed by atoms with E-state index in [-0.39, 0.29) is 0 Å². The zero-order valence-electron chi connectivity index (χ0n) is 7.31. The van der Waals surface area contributed by atoms with Gasteiger partial charge in [0.15, 0.2) is 0 Å². The molecule has 0 fully saturated rings. The molecule has 0 radical (unpaired) electrons.